The van der Waals surface area contributed by atoms with Crippen LogP contribution in [-0.4, -0.2) is 28.1 Å². The molecule has 0 saturated heterocycles. The van der Waals surface area contributed by atoms with Gasteiger partial charge in [-0.2, -0.15) is 4.79 Å². The average molecular weight is 228 g/mol. The largest absolute Gasteiger partial charge is 0.472 e. The zero-order valence-corrected chi connectivity index (χ0v) is 9.01. The van der Waals surface area contributed by atoms with Crippen LogP contribution in [0.4, 0.5) is 0 Å². The van der Waals surface area contributed by atoms with Crippen molar-refractivity contribution in [3.05, 3.63) is 41.3 Å². The molecule has 0 fully saturated rings. The molecule has 84 valence electrons. The number of nitrogens with one attached hydrogen (secondary N) is 1. The lowest BCUT2D eigenvalue weighted by atomic mass is 9.97. The molecular weight excluding hydrogens is 218 g/mol. The fraction of sp³-hybridized carbons (Fsp3) is 0.250. The van der Waals surface area contributed by atoms with Crippen LogP contribution >= 0.6 is 0 Å². The highest BCUT2D eigenvalue weighted by atomic mass is 16.5. The predicted molar refractivity (Wildman–Crippen MR) is 59.0 cm³/mol. The molecule has 0 aromatic carbocycles. The number of carbonyl (C=O) groups excluding carboxylic acids is 1. The normalized spacial score (nSPS) is 25.9. The first-order valence-corrected chi connectivity index (χ1v) is 5.39. The standard InChI is InChI=1S/C12H9N3O2/c13-15-8-6-12-9(5-10(8)16)14-7-3-1-2-4-11(7)17-12/h1-4,11H,5-6H2/p+1. The summed E-state index contributed by atoms with van der Waals surface area (Å²) in [5, 5.41) is 0. The summed E-state index contributed by atoms with van der Waals surface area (Å²) in [4.78, 5) is 17.8. The number of ether oxygens (including phenoxy) is 1. The van der Waals surface area contributed by atoms with Crippen molar-refractivity contribution < 1.29 is 19.3 Å². The van der Waals surface area contributed by atoms with Crippen LogP contribution in [0.5, 0.6) is 0 Å². The van der Waals surface area contributed by atoms with E-state index in [0.717, 1.165) is 11.4 Å². The molecular formula is C12H10N3O2+. The van der Waals surface area contributed by atoms with E-state index in [1.165, 1.54) is 0 Å². The van der Waals surface area contributed by atoms with Crippen molar-refractivity contribution in [3.63, 3.8) is 0 Å². The number of hydrogen-bond acceptors (Lipinski definition) is 2. The molecule has 0 saturated carbocycles. The second-order valence-corrected chi connectivity index (χ2v) is 4.09. The molecule has 5 nitrogen and oxygen atoms in total. The number of hydrogen-bond donors (Lipinski definition) is 1. The van der Waals surface area contributed by atoms with Crippen molar-refractivity contribution in [1.29, 1.82) is 0 Å². The molecule has 5 heteroatoms. The van der Waals surface area contributed by atoms with E-state index in [0.29, 0.717) is 5.76 Å². The van der Waals surface area contributed by atoms with Crippen LogP contribution in [0.15, 0.2) is 35.8 Å². The fourth-order valence-electron chi connectivity index (χ4n) is 2.10. The van der Waals surface area contributed by atoms with Crippen molar-refractivity contribution in [2.24, 2.45) is 0 Å². The minimum absolute atomic E-state index is 0.133. The Balaban J connectivity index is 2.01. The summed E-state index contributed by atoms with van der Waals surface area (Å²) in [6, 6.07) is 0. The number of ketones is 1. The molecule has 3 rings (SSSR count). The monoisotopic (exact) mass is 228 g/mol. The van der Waals surface area contributed by atoms with Crippen LogP contribution in [0.2, 0.25) is 0 Å². The van der Waals surface area contributed by atoms with E-state index < -0.39 is 0 Å². The van der Waals surface area contributed by atoms with Gasteiger partial charge in [0.1, 0.15) is 12.8 Å². The Hall–Kier alpha value is -2.26. The third-order valence-electron chi connectivity index (χ3n) is 2.99. The molecule has 0 radical (unpaired) electrons. The molecule has 2 aliphatic carbocycles. The molecule has 0 aromatic rings. The van der Waals surface area contributed by atoms with Gasteiger partial charge in [-0.3, -0.25) is 4.79 Å². The fourth-order valence-corrected chi connectivity index (χ4v) is 2.10. The van der Waals surface area contributed by atoms with E-state index in [-0.39, 0.29) is 30.4 Å². The lowest BCUT2D eigenvalue weighted by Gasteiger charge is -2.22. The highest BCUT2D eigenvalue weighted by molar-refractivity contribution is 6.39. The van der Waals surface area contributed by atoms with E-state index >= 15 is 0 Å². The topological polar surface area (TPSA) is 76.7 Å². The maximum absolute atomic E-state index is 11.6. The number of allylic oxidation sites excluding steroid dienone is 4. The van der Waals surface area contributed by atoms with E-state index in [9.17, 15) is 4.79 Å². The SMILES string of the molecule is [N-]=[N+]=C1CC2=C(CC1=O)[NH+]=C1C=CC=CC1O2. The zero-order valence-electron chi connectivity index (χ0n) is 9.01. The van der Waals surface area contributed by atoms with Crippen LogP contribution in [0.3, 0.4) is 0 Å². The van der Waals surface area contributed by atoms with E-state index in [1.54, 1.807) is 0 Å². The second kappa shape index (κ2) is 3.64. The van der Waals surface area contributed by atoms with Crippen LogP contribution in [0.1, 0.15) is 12.8 Å². The first-order valence-electron chi connectivity index (χ1n) is 5.39. The van der Waals surface area contributed by atoms with Gasteiger partial charge >= 0.3 is 5.71 Å². The average Bonchev–Trinajstić information content (AvgIpc) is 2.35. The summed E-state index contributed by atoms with van der Waals surface area (Å²) in [7, 11) is 0. The van der Waals surface area contributed by atoms with Gasteiger partial charge < -0.3 is 10.3 Å². The smallest absolute Gasteiger partial charge is 0.342 e. The summed E-state index contributed by atoms with van der Waals surface area (Å²) in [6.07, 6.45) is 8.00. The van der Waals surface area contributed by atoms with Gasteiger partial charge in [-0.15, -0.1) is 0 Å². The highest BCUT2D eigenvalue weighted by Crippen LogP contribution is 2.22. The number of fused-ring (bicyclic) bond motifs is 1. The summed E-state index contributed by atoms with van der Waals surface area (Å²) < 4.78 is 5.77. The van der Waals surface area contributed by atoms with Gasteiger partial charge in [0.05, 0.1) is 0 Å². The molecule has 0 spiro atoms. The first-order chi connectivity index (χ1) is 8.28. The maximum Gasteiger partial charge on any atom is 0.342 e. The Morgan fingerprint density at radius 2 is 2.29 bits per heavy atom. The number of rotatable bonds is 0. The first kappa shape index (κ1) is 9.93. The van der Waals surface area contributed by atoms with Gasteiger partial charge in [0.15, 0.2) is 5.76 Å². The third kappa shape index (κ3) is 1.57. The zero-order chi connectivity index (χ0) is 11.8. The third-order valence-corrected chi connectivity index (χ3v) is 2.99. The summed E-state index contributed by atoms with van der Waals surface area (Å²) in [5.41, 5.74) is 10.6. The van der Waals surface area contributed by atoms with Gasteiger partial charge in [0.2, 0.25) is 17.5 Å². The van der Waals surface area contributed by atoms with Gasteiger partial charge in [-0.1, -0.05) is 12.2 Å². The Kier molecular flexibility index (Phi) is 2.13. The second-order valence-electron chi connectivity index (χ2n) is 4.09. The van der Waals surface area contributed by atoms with Gasteiger partial charge in [0, 0.05) is 6.08 Å². The van der Waals surface area contributed by atoms with Crippen molar-refractivity contribution in [2.75, 3.05) is 0 Å². The number of Topliss-reactive ketones (excluding diaryl/α,β-unsaturated/α-hetero) is 1. The van der Waals surface area contributed by atoms with Crippen molar-refractivity contribution in [3.8, 4) is 0 Å². The Morgan fingerprint density at radius 3 is 3.12 bits per heavy atom. The van der Waals surface area contributed by atoms with Crippen molar-refractivity contribution in [2.45, 2.75) is 18.9 Å². The van der Waals surface area contributed by atoms with Crippen LogP contribution in [0.25, 0.3) is 5.53 Å². The molecule has 1 atom stereocenters. The van der Waals surface area contributed by atoms with Gasteiger partial charge in [-0.25, -0.2) is 4.99 Å². The van der Waals surface area contributed by atoms with Crippen LogP contribution in [-0.2, 0) is 9.53 Å². The molecule has 17 heavy (non-hydrogen) atoms. The number of nitrogens with zero attached hydrogens (tertiary/aromatic N) is 2. The molecule has 3 aliphatic rings. The maximum atomic E-state index is 11.6. The Labute approximate surface area is 97.4 Å². The van der Waals surface area contributed by atoms with E-state index in [1.807, 2.05) is 24.3 Å². The van der Waals surface area contributed by atoms with Gasteiger partial charge in [-0.05, 0) is 6.08 Å². The molecule has 1 N–H and O–H groups in total. The number of carbonyl (C=O) groups is 1. The van der Waals surface area contributed by atoms with Crippen molar-refractivity contribution in [1.82, 2.24) is 0 Å². The predicted octanol–water partition coefficient (Wildman–Crippen LogP) is -0.722. The lowest BCUT2D eigenvalue weighted by molar-refractivity contribution is -0.412. The minimum Gasteiger partial charge on any atom is -0.472 e. The molecule has 1 aliphatic heterocycles. The molecule has 1 unspecified atom stereocenters. The molecule has 0 aromatic heterocycles. The van der Waals surface area contributed by atoms with E-state index in [2.05, 4.69) is 9.78 Å². The summed E-state index contributed by atoms with van der Waals surface area (Å²) in [6.45, 7) is 0. The van der Waals surface area contributed by atoms with Crippen LogP contribution in [0, 0.1) is 0 Å². The van der Waals surface area contributed by atoms with Gasteiger partial charge in [0.25, 0.3) is 5.78 Å². The van der Waals surface area contributed by atoms with E-state index in [4.69, 9.17) is 10.3 Å². The minimum atomic E-state index is -0.170. The van der Waals surface area contributed by atoms with Crippen LogP contribution < -0.4 is 4.99 Å². The molecule has 0 amide bonds. The quantitative estimate of drug-likeness (QED) is 0.438. The Morgan fingerprint density at radius 1 is 1.41 bits per heavy atom. The molecule has 0 bridgehead atoms. The molecule has 1 heterocycles. The summed E-state index contributed by atoms with van der Waals surface area (Å²) >= 11 is 0. The van der Waals surface area contributed by atoms with Crippen molar-refractivity contribution >= 4 is 17.2 Å². The highest BCUT2D eigenvalue weighted by Gasteiger charge is 2.40. The Bertz CT molecular complexity index is 575. The lowest BCUT2D eigenvalue weighted by Crippen LogP contribution is -2.76. The summed E-state index contributed by atoms with van der Waals surface area (Å²) in [5.74, 6) is 0.517.